The van der Waals surface area contributed by atoms with Crippen LogP contribution in [0.3, 0.4) is 0 Å². The summed E-state index contributed by atoms with van der Waals surface area (Å²) < 4.78 is 10.2. The van der Waals surface area contributed by atoms with Gasteiger partial charge in [0, 0.05) is 17.5 Å². The van der Waals surface area contributed by atoms with Gasteiger partial charge in [-0.05, 0) is 23.6 Å². The van der Waals surface area contributed by atoms with Crippen LogP contribution in [-0.4, -0.2) is 30.1 Å². The molecule has 2 rings (SSSR count). The fourth-order valence-corrected chi connectivity index (χ4v) is 2.56. The smallest absolute Gasteiger partial charge is 0.336 e. The second-order valence-corrected chi connectivity index (χ2v) is 5.90. The first-order chi connectivity index (χ1) is 11.8. The highest BCUT2D eigenvalue weighted by molar-refractivity contribution is 5.89. The Morgan fingerprint density at radius 2 is 2.04 bits per heavy atom. The molecule has 0 aliphatic carbocycles. The quantitative estimate of drug-likeness (QED) is 0.742. The number of benzene rings is 1. The Labute approximate surface area is 144 Å². The van der Waals surface area contributed by atoms with Gasteiger partial charge in [-0.2, -0.15) is 0 Å². The van der Waals surface area contributed by atoms with Crippen LogP contribution in [0.1, 0.15) is 25.8 Å². The fraction of sp³-hybridized carbons (Fsp3) is 0.389. The number of rotatable bonds is 7. The third kappa shape index (κ3) is 4.37. The molecule has 0 saturated carbocycles. The predicted molar refractivity (Wildman–Crippen MR) is 91.8 cm³/mol. The van der Waals surface area contributed by atoms with E-state index in [-0.39, 0.29) is 12.3 Å². The number of aliphatic carboxylic acids is 1. The van der Waals surface area contributed by atoms with E-state index in [1.807, 2.05) is 6.92 Å². The molecule has 2 atom stereocenters. The maximum absolute atomic E-state index is 12.3. The van der Waals surface area contributed by atoms with Gasteiger partial charge in [0.05, 0.1) is 13.5 Å². The maximum Gasteiger partial charge on any atom is 0.336 e. The van der Waals surface area contributed by atoms with Crippen LogP contribution in [0, 0.1) is 5.92 Å². The van der Waals surface area contributed by atoms with Crippen molar-refractivity contribution < 1.29 is 23.8 Å². The minimum Gasteiger partial charge on any atom is -0.497 e. The van der Waals surface area contributed by atoms with Crippen LogP contribution in [0.4, 0.5) is 0 Å². The van der Waals surface area contributed by atoms with Crippen molar-refractivity contribution in [1.29, 1.82) is 0 Å². The highest BCUT2D eigenvalue weighted by atomic mass is 16.5. The molecular weight excluding hydrogens is 326 g/mol. The first-order valence-electron chi connectivity index (χ1n) is 7.98. The van der Waals surface area contributed by atoms with Crippen LogP contribution >= 0.6 is 0 Å². The van der Waals surface area contributed by atoms with Crippen molar-refractivity contribution in [1.82, 2.24) is 5.32 Å². The topological polar surface area (TPSA) is 106 Å². The van der Waals surface area contributed by atoms with Gasteiger partial charge in [-0.3, -0.25) is 4.79 Å². The first-order valence-corrected chi connectivity index (χ1v) is 7.98. The molecule has 25 heavy (non-hydrogen) atoms. The molecule has 2 N–H and O–H groups in total. The van der Waals surface area contributed by atoms with E-state index in [9.17, 15) is 19.5 Å². The van der Waals surface area contributed by atoms with E-state index >= 15 is 0 Å². The van der Waals surface area contributed by atoms with E-state index in [2.05, 4.69) is 5.32 Å². The lowest BCUT2D eigenvalue weighted by Crippen LogP contribution is -2.45. The van der Waals surface area contributed by atoms with Crippen molar-refractivity contribution in [3.8, 4) is 5.75 Å². The molecule has 0 aliphatic rings. The molecule has 0 aliphatic heterocycles. The fourth-order valence-electron chi connectivity index (χ4n) is 2.56. The lowest BCUT2D eigenvalue weighted by Gasteiger charge is -2.20. The Kier molecular flexibility index (Phi) is 5.80. The normalized spacial score (nSPS) is 13.2. The van der Waals surface area contributed by atoms with Crippen LogP contribution < -0.4 is 15.7 Å². The number of methoxy groups -OCH3 is 1. The third-order valence-electron chi connectivity index (χ3n) is 4.18. The number of hydrogen-bond acceptors (Lipinski definition) is 5. The highest BCUT2D eigenvalue weighted by Crippen LogP contribution is 2.23. The zero-order chi connectivity index (χ0) is 18.6. The van der Waals surface area contributed by atoms with E-state index < -0.39 is 23.5 Å². The van der Waals surface area contributed by atoms with Gasteiger partial charge < -0.3 is 19.6 Å². The van der Waals surface area contributed by atoms with Gasteiger partial charge in [-0.15, -0.1) is 0 Å². The summed E-state index contributed by atoms with van der Waals surface area (Å²) in [5.41, 5.74) is 0.200. The van der Waals surface area contributed by atoms with Gasteiger partial charge in [0.2, 0.25) is 5.91 Å². The number of carbonyl (C=O) groups excluding carboxylic acids is 1. The minimum atomic E-state index is -1.08. The van der Waals surface area contributed by atoms with E-state index in [0.29, 0.717) is 28.7 Å². The number of carboxylic acid groups (broad SMARTS) is 1. The molecule has 0 saturated heterocycles. The molecule has 2 unspecified atom stereocenters. The standard InChI is InChI=1S/C18H21NO6/c1-4-10(2)17(18(22)23)19-15(20)7-11-8-16(21)25-14-9-12(24-3)5-6-13(11)14/h5-6,8-10,17H,4,7H2,1-3H3,(H,19,20)(H,22,23). The number of amides is 1. The average molecular weight is 347 g/mol. The monoisotopic (exact) mass is 347 g/mol. The molecule has 134 valence electrons. The van der Waals surface area contributed by atoms with Crippen molar-refractivity contribution in [3.05, 3.63) is 40.2 Å². The number of carbonyl (C=O) groups is 2. The van der Waals surface area contributed by atoms with E-state index in [0.717, 1.165) is 0 Å². The summed E-state index contributed by atoms with van der Waals surface area (Å²) in [5, 5.41) is 12.4. The zero-order valence-electron chi connectivity index (χ0n) is 14.4. The zero-order valence-corrected chi connectivity index (χ0v) is 14.4. The number of carboxylic acids is 1. The summed E-state index contributed by atoms with van der Waals surface area (Å²) in [5.74, 6) is -1.22. The summed E-state index contributed by atoms with van der Waals surface area (Å²) in [7, 11) is 1.50. The second-order valence-electron chi connectivity index (χ2n) is 5.90. The van der Waals surface area contributed by atoms with Crippen molar-refractivity contribution in [2.75, 3.05) is 7.11 Å². The summed E-state index contributed by atoms with van der Waals surface area (Å²) in [6.07, 6.45) is 0.504. The highest BCUT2D eigenvalue weighted by Gasteiger charge is 2.25. The molecule has 1 heterocycles. The van der Waals surface area contributed by atoms with Gasteiger partial charge in [0.25, 0.3) is 0 Å². The van der Waals surface area contributed by atoms with Crippen LogP contribution in [0.5, 0.6) is 5.75 Å². The van der Waals surface area contributed by atoms with Crippen molar-refractivity contribution in [2.45, 2.75) is 32.7 Å². The molecule has 0 fully saturated rings. The van der Waals surface area contributed by atoms with E-state index in [4.69, 9.17) is 9.15 Å². The van der Waals surface area contributed by atoms with Gasteiger partial charge in [0.1, 0.15) is 17.4 Å². The molecule has 2 aromatic rings. The number of hydrogen-bond donors (Lipinski definition) is 2. The van der Waals surface area contributed by atoms with Crippen molar-refractivity contribution in [3.63, 3.8) is 0 Å². The maximum atomic E-state index is 12.3. The van der Waals surface area contributed by atoms with Gasteiger partial charge >= 0.3 is 11.6 Å². The molecule has 1 amide bonds. The Morgan fingerprint density at radius 3 is 2.64 bits per heavy atom. The molecule has 7 nitrogen and oxygen atoms in total. The molecule has 7 heteroatoms. The Morgan fingerprint density at radius 1 is 1.32 bits per heavy atom. The van der Waals surface area contributed by atoms with Gasteiger partial charge in [0.15, 0.2) is 0 Å². The summed E-state index contributed by atoms with van der Waals surface area (Å²) in [4.78, 5) is 35.4. The minimum absolute atomic E-state index is 0.116. The number of nitrogens with one attached hydrogen (secondary N) is 1. The van der Waals surface area contributed by atoms with Crippen LogP contribution in [0.25, 0.3) is 11.0 Å². The molecule has 0 bridgehead atoms. The Balaban J connectivity index is 2.28. The summed E-state index contributed by atoms with van der Waals surface area (Å²) in [6, 6.07) is 5.24. The predicted octanol–water partition coefficient (Wildman–Crippen LogP) is 1.96. The lowest BCUT2D eigenvalue weighted by molar-refractivity contribution is -0.143. The van der Waals surface area contributed by atoms with Crippen molar-refractivity contribution in [2.24, 2.45) is 5.92 Å². The average Bonchev–Trinajstić information content (AvgIpc) is 2.57. The van der Waals surface area contributed by atoms with Crippen LogP contribution in [0.15, 0.2) is 33.5 Å². The first kappa shape index (κ1) is 18.5. The van der Waals surface area contributed by atoms with Crippen LogP contribution in [-0.2, 0) is 16.0 Å². The van der Waals surface area contributed by atoms with E-state index in [1.54, 1.807) is 25.1 Å². The number of fused-ring (bicyclic) bond motifs is 1. The third-order valence-corrected chi connectivity index (χ3v) is 4.18. The molecule has 1 aromatic heterocycles. The second kappa shape index (κ2) is 7.83. The number of ether oxygens (including phenoxy) is 1. The molecule has 0 spiro atoms. The van der Waals surface area contributed by atoms with Gasteiger partial charge in [-0.1, -0.05) is 20.3 Å². The lowest BCUT2D eigenvalue weighted by atomic mass is 9.98. The molecule has 1 aromatic carbocycles. The van der Waals surface area contributed by atoms with Crippen molar-refractivity contribution >= 4 is 22.8 Å². The SMILES string of the molecule is CCC(C)C(NC(=O)Cc1cc(=O)oc2cc(OC)ccc12)C(=O)O. The summed E-state index contributed by atoms with van der Waals surface area (Å²) in [6.45, 7) is 3.62. The van der Waals surface area contributed by atoms with Crippen LogP contribution in [0.2, 0.25) is 0 Å². The molecular formula is C18H21NO6. The van der Waals surface area contributed by atoms with E-state index in [1.165, 1.54) is 13.2 Å². The molecule has 0 radical (unpaired) electrons. The van der Waals surface area contributed by atoms with Gasteiger partial charge in [-0.25, -0.2) is 9.59 Å². The Hall–Kier alpha value is -2.83. The Bertz CT molecular complexity index is 841. The largest absolute Gasteiger partial charge is 0.497 e. The summed E-state index contributed by atoms with van der Waals surface area (Å²) >= 11 is 0.